The molecule has 0 spiro atoms. The average molecular weight is 248 g/mol. The zero-order chi connectivity index (χ0) is 13.0. The van der Waals surface area contributed by atoms with Crippen molar-refractivity contribution in [3.63, 3.8) is 0 Å². The Hall–Kier alpha value is -2.04. The molecule has 96 valence electrons. The highest BCUT2D eigenvalue weighted by Crippen LogP contribution is 2.04. The molecule has 0 unspecified atom stereocenters. The molecule has 1 aromatic rings. The first kappa shape index (κ1) is 12.4. The molecule has 1 aliphatic heterocycles. The maximum Gasteiger partial charge on any atom is 0.410 e. The molecule has 1 saturated heterocycles. The number of amides is 2. The van der Waals surface area contributed by atoms with Crippen LogP contribution in [0, 0.1) is 6.92 Å². The molecule has 2 amide bonds. The van der Waals surface area contributed by atoms with Gasteiger partial charge >= 0.3 is 6.09 Å². The summed E-state index contributed by atoms with van der Waals surface area (Å²) in [5, 5.41) is 2.78. The van der Waals surface area contributed by atoms with E-state index in [4.69, 9.17) is 4.74 Å². The van der Waals surface area contributed by atoms with E-state index in [-0.39, 0.29) is 12.5 Å². The van der Waals surface area contributed by atoms with Gasteiger partial charge in [-0.1, -0.05) is 29.8 Å². The van der Waals surface area contributed by atoms with Gasteiger partial charge in [-0.05, 0) is 12.5 Å². The molecule has 0 saturated carbocycles. The van der Waals surface area contributed by atoms with Gasteiger partial charge in [-0.2, -0.15) is 0 Å². The molecular formula is C13H16N2O3. The third-order valence-corrected chi connectivity index (χ3v) is 2.79. The summed E-state index contributed by atoms with van der Waals surface area (Å²) in [6.07, 6.45) is -0.416. The van der Waals surface area contributed by atoms with E-state index in [9.17, 15) is 9.59 Å². The Bertz CT molecular complexity index is 442. The van der Waals surface area contributed by atoms with Crippen LogP contribution in [-0.2, 0) is 16.1 Å². The lowest BCUT2D eigenvalue weighted by molar-refractivity contribution is -0.121. The van der Waals surface area contributed by atoms with Crippen molar-refractivity contribution in [1.29, 1.82) is 0 Å². The summed E-state index contributed by atoms with van der Waals surface area (Å²) in [5.41, 5.74) is 2.22. The van der Waals surface area contributed by atoms with E-state index in [2.05, 4.69) is 5.32 Å². The Labute approximate surface area is 106 Å². The number of ether oxygens (including phenoxy) is 1. The summed E-state index contributed by atoms with van der Waals surface area (Å²) < 4.78 is 4.75. The topological polar surface area (TPSA) is 58.6 Å². The highest BCUT2D eigenvalue weighted by Gasteiger charge is 2.23. The van der Waals surface area contributed by atoms with Crippen LogP contribution in [0.4, 0.5) is 4.79 Å². The summed E-state index contributed by atoms with van der Waals surface area (Å²) >= 11 is 0. The SMILES string of the molecule is Cc1ccc(CNC(=O)CN2CCOC2=O)cc1. The summed E-state index contributed by atoms with van der Waals surface area (Å²) in [5.74, 6) is -0.172. The second-order valence-corrected chi connectivity index (χ2v) is 4.30. The Morgan fingerprint density at radius 1 is 1.39 bits per heavy atom. The maximum atomic E-state index is 11.6. The summed E-state index contributed by atoms with van der Waals surface area (Å²) in [6, 6.07) is 7.94. The smallest absolute Gasteiger partial charge is 0.410 e. The Morgan fingerprint density at radius 3 is 2.72 bits per heavy atom. The number of cyclic esters (lactones) is 1. The van der Waals surface area contributed by atoms with Gasteiger partial charge in [0.05, 0.1) is 6.54 Å². The predicted octanol–water partition coefficient (Wildman–Crippen LogP) is 1.06. The number of nitrogens with zero attached hydrogens (tertiary/aromatic N) is 1. The van der Waals surface area contributed by atoms with Gasteiger partial charge in [-0.25, -0.2) is 4.79 Å². The molecule has 1 fully saturated rings. The first-order valence-electron chi connectivity index (χ1n) is 5.89. The number of nitrogens with one attached hydrogen (secondary N) is 1. The normalized spacial score (nSPS) is 14.5. The number of carbonyl (C=O) groups excluding carboxylic acids is 2. The molecule has 1 N–H and O–H groups in total. The third-order valence-electron chi connectivity index (χ3n) is 2.79. The lowest BCUT2D eigenvalue weighted by Crippen LogP contribution is -2.37. The van der Waals surface area contributed by atoms with Crippen LogP contribution in [0.1, 0.15) is 11.1 Å². The summed E-state index contributed by atoms with van der Waals surface area (Å²) in [7, 11) is 0. The minimum atomic E-state index is -0.416. The maximum absolute atomic E-state index is 11.6. The van der Waals surface area contributed by atoms with Crippen LogP contribution in [-0.4, -0.2) is 36.6 Å². The van der Waals surface area contributed by atoms with Crippen LogP contribution < -0.4 is 5.32 Å². The van der Waals surface area contributed by atoms with Gasteiger partial charge in [0.1, 0.15) is 13.2 Å². The van der Waals surface area contributed by atoms with Gasteiger partial charge in [0.2, 0.25) is 5.91 Å². The first-order chi connectivity index (χ1) is 8.65. The Kier molecular flexibility index (Phi) is 3.82. The van der Waals surface area contributed by atoms with Crippen LogP contribution in [0.25, 0.3) is 0 Å². The van der Waals surface area contributed by atoms with Crippen molar-refractivity contribution in [3.8, 4) is 0 Å². The van der Waals surface area contributed by atoms with Gasteiger partial charge in [-0.3, -0.25) is 9.69 Å². The lowest BCUT2D eigenvalue weighted by Gasteiger charge is -2.12. The Balaban J connectivity index is 1.78. The lowest BCUT2D eigenvalue weighted by atomic mass is 10.1. The fraction of sp³-hybridized carbons (Fsp3) is 0.385. The minimum Gasteiger partial charge on any atom is -0.448 e. The molecule has 0 radical (unpaired) electrons. The van der Waals surface area contributed by atoms with Crippen molar-refractivity contribution in [1.82, 2.24) is 10.2 Å². The summed E-state index contributed by atoms with van der Waals surface area (Å²) in [4.78, 5) is 24.2. The first-order valence-corrected chi connectivity index (χ1v) is 5.89. The van der Waals surface area contributed by atoms with Crippen LogP contribution in [0.3, 0.4) is 0 Å². The van der Waals surface area contributed by atoms with E-state index in [0.717, 1.165) is 5.56 Å². The molecule has 18 heavy (non-hydrogen) atoms. The van der Waals surface area contributed by atoms with Gasteiger partial charge < -0.3 is 10.1 Å². The van der Waals surface area contributed by atoms with Gasteiger partial charge in [0.25, 0.3) is 0 Å². The minimum absolute atomic E-state index is 0.0602. The van der Waals surface area contributed by atoms with E-state index in [1.54, 1.807) is 0 Å². The molecule has 1 heterocycles. The van der Waals surface area contributed by atoms with E-state index in [1.807, 2.05) is 31.2 Å². The average Bonchev–Trinajstić information content (AvgIpc) is 2.74. The summed E-state index contributed by atoms with van der Waals surface area (Å²) in [6.45, 7) is 3.40. The van der Waals surface area contributed by atoms with Crippen LogP contribution in [0.5, 0.6) is 0 Å². The van der Waals surface area contributed by atoms with Crippen molar-refractivity contribution >= 4 is 12.0 Å². The van der Waals surface area contributed by atoms with E-state index < -0.39 is 6.09 Å². The van der Waals surface area contributed by atoms with Crippen molar-refractivity contribution in [3.05, 3.63) is 35.4 Å². The second-order valence-electron chi connectivity index (χ2n) is 4.30. The molecule has 1 aliphatic rings. The van der Waals surface area contributed by atoms with Gasteiger partial charge in [-0.15, -0.1) is 0 Å². The quantitative estimate of drug-likeness (QED) is 0.867. The zero-order valence-corrected chi connectivity index (χ0v) is 10.3. The number of aryl methyl sites for hydroxylation is 1. The number of carbonyl (C=O) groups is 2. The standard InChI is InChI=1S/C13H16N2O3/c1-10-2-4-11(5-3-10)8-14-12(16)9-15-6-7-18-13(15)17/h2-5H,6-9H2,1H3,(H,14,16). The van der Waals surface area contributed by atoms with Gasteiger partial charge in [0, 0.05) is 6.54 Å². The molecule has 2 rings (SSSR count). The number of hydrogen-bond acceptors (Lipinski definition) is 3. The predicted molar refractivity (Wildman–Crippen MR) is 65.9 cm³/mol. The van der Waals surface area contributed by atoms with Crippen LogP contribution in [0.2, 0.25) is 0 Å². The molecule has 5 heteroatoms. The molecule has 0 aromatic heterocycles. The zero-order valence-electron chi connectivity index (χ0n) is 10.3. The monoisotopic (exact) mass is 248 g/mol. The molecule has 0 bridgehead atoms. The number of hydrogen-bond donors (Lipinski definition) is 1. The van der Waals surface area contributed by atoms with Crippen molar-refractivity contribution < 1.29 is 14.3 Å². The fourth-order valence-electron chi connectivity index (χ4n) is 1.71. The largest absolute Gasteiger partial charge is 0.448 e. The van der Waals surface area contributed by atoms with Crippen molar-refractivity contribution in [2.24, 2.45) is 0 Å². The highest BCUT2D eigenvalue weighted by molar-refractivity contribution is 5.82. The van der Waals surface area contributed by atoms with Crippen molar-refractivity contribution in [2.75, 3.05) is 19.7 Å². The van der Waals surface area contributed by atoms with E-state index >= 15 is 0 Å². The molecule has 1 aromatic carbocycles. The number of rotatable bonds is 4. The number of benzene rings is 1. The molecule has 0 atom stereocenters. The molecule has 0 aliphatic carbocycles. The third kappa shape index (κ3) is 3.23. The van der Waals surface area contributed by atoms with Crippen LogP contribution >= 0.6 is 0 Å². The van der Waals surface area contributed by atoms with Crippen molar-refractivity contribution in [2.45, 2.75) is 13.5 Å². The highest BCUT2D eigenvalue weighted by atomic mass is 16.6. The molecular weight excluding hydrogens is 232 g/mol. The Morgan fingerprint density at radius 2 is 2.11 bits per heavy atom. The fourth-order valence-corrected chi connectivity index (χ4v) is 1.71. The van der Waals surface area contributed by atoms with E-state index in [0.29, 0.717) is 19.7 Å². The van der Waals surface area contributed by atoms with Crippen LogP contribution in [0.15, 0.2) is 24.3 Å². The van der Waals surface area contributed by atoms with E-state index in [1.165, 1.54) is 10.5 Å². The van der Waals surface area contributed by atoms with Gasteiger partial charge in [0.15, 0.2) is 0 Å². The molecule has 5 nitrogen and oxygen atoms in total. The second kappa shape index (κ2) is 5.53.